The zero-order valence-corrected chi connectivity index (χ0v) is 13.2. The van der Waals surface area contributed by atoms with E-state index in [0.717, 1.165) is 5.56 Å². The van der Waals surface area contributed by atoms with Crippen LogP contribution >= 0.6 is 11.6 Å². The molecule has 3 N–H and O–H groups in total. The largest absolute Gasteiger partial charge is 0.493 e. The van der Waals surface area contributed by atoms with Gasteiger partial charge in [-0.1, -0.05) is 24.6 Å². The van der Waals surface area contributed by atoms with Crippen LogP contribution in [-0.2, 0) is 6.54 Å². The van der Waals surface area contributed by atoms with Crippen molar-refractivity contribution in [2.45, 2.75) is 39.3 Å². The van der Waals surface area contributed by atoms with Gasteiger partial charge in [-0.15, -0.1) is 0 Å². The van der Waals surface area contributed by atoms with Crippen LogP contribution in [0, 0.1) is 0 Å². The second kappa shape index (κ2) is 9.47. The fraction of sp³-hybridized carbons (Fsp3) is 0.533. The number of nitrogens with one attached hydrogen (secondary N) is 2. The first kappa shape index (κ1) is 17.6. The summed E-state index contributed by atoms with van der Waals surface area (Å²) in [6.07, 6.45) is 0.868. The highest BCUT2D eigenvalue weighted by molar-refractivity contribution is 6.30. The molecule has 2 amide bonds. The molecule has 1 aromatic rings. The number of aliphatic hydroxyl groups is 1. The molecule has 0 spiro atoms. The second-order valence-electron chi connectivity index (χ2n) is 4.65. The maximum Gasteiger partial charge on any atom is 0.315 e. The Morgan fingerprint density at radius 1 is 1.38 bits per heavy atom. The average Bonchev–Trinajstić information content (AvgIpc) is 2.46. The Labute approximate surface area is 130 Å². The van der Waals surface area contributed by atoms with Gasteiger partial charge >= 0.3 is 6.03 Å². The number of ether oxygens (including phenoxy) is 1. The molecule has 5 nitrogen and oxygen atoms in total. The van der Waals surface area contributed by atoms with Crippen LogP contribution in [-0.4, -0.2) is 30.4 Å². The molecule has 0 aliphatic heterocycles. The van der Waals surface area contributed by atoms with Crippen molar-refractivity contribution in [3.8, 4) is 5.75 Å². The van der Waals surface area contributed by atoms with E-state index >= 15 is 0 Å². The molecule has 1 rings (SSSR count). The lowest BCUT2D eigenvalue weighted by Gasteiger charge is -2.13. The third kappa shape index (κ3) is 6.69. The van der Waals surface area contributed by atoms with Crippen LogP contribution in [0.2, 0.25) is 5.02 Å². The Bertz CT molecular complexity index is 455. The summed E-state index contributed by atoms with van der Waals surface area (Å²) in [5.74, 6) is 0.673. The Kier molecular flexibility index (Phi) is 7.93. The average molecular weight is 315 g/mol. The predicted octanol–water partition coefficient (Wildman–Crippen LogP) is 2.70. The molecule has 0 heterocycles. The van der Waals surface area contributed by atoms with E-state index in [1.165, 1.54) is 0 Å². The van der Waals surface area contributed by atoms with Crippen molar-refractivity contribution in [2.24, 2.45) is 0 Å². The fourth-order valence-corrected chi connectivity index (χ4v) is 1.92. The van der Waals surface area contributed by atoms with Gasteiger partial charge in [-0.25, -0.2) is 4.79 Å². The van der Waals surface area contributed by atoms with Gasteiger partial charge < -0.3 is 20.5 Å². The molecular weight excluding hydrogens is 292 g/mol. The van der Waals surface area contributed by atoms with Crippen molar-refractivity contribution in [2.75, 3.05) is 13.2 Å². The minimum Gasteiger partial charge on any atom is -0.493 e. The van der Waals surface area contributed by atoms with E-state index < -0.39 is 0 Å². The van der Waals surface area contributed by atoms with Crippen molar-refractivity contribution in [1.29, 1.82) is 0 Å². The van der Waals surface area contributed by atoms with Crippen molar-refractivity contribution in [3.63, 3.8) is 0 Å². The monoisotopic (exact) mass is 314 g/mol. The summed E-state index contributed by atoms with van der Waals surface area (Å²) in [6, 6.07) is 5.05. The molecule has 1 aromatic carbocycles. The molecule has 0 aromatic heterocycles. The lowest BCUT2D eigenvalue weighted by molar-refractivity contribution is 0.160. The van der Waals surface area contributed by atoms with Crippen LogP contribution in [0.5, 0.6) is 5.75 Å². The summed E-state index contributed by atoms with van der Waals surface area (Å²) < 4.78 is 5.49. The number of halogens is 1. The second-order valence-corrected chi connectivity index (χ2v) is 5.08. The normalized spacial score (nSPS) is 11.8. The first-order chi connectivity index (χ1) is 10.1. The van der Waals surface area contributed by atoms with Gasteiger partial charge in [-0.05, 0) is 31.9 Å². The SMILES string of the molecule is CCOc1cc(Cl)ccc1CNC(=O)NCCC(O)CC. The van der Waals surface area contributed by atoms with Crippen LogP contribution in [0.4, 0.5) is 4.79 Å². The maximum absolute atomic E-state index is 11.7. The van der Waals surface area contributed by atoms with E-state index in [1.54, 1.807) is 12.1 Å². The predicted molar refractivity (Wildman–Crippen MR) is 83.8 cm³/mol. The van der Waals surface area contributed by atoms with Crippen LogP contribution in [0.1, 0.15) is 32.3 Å². The fourth-order valence-electron chi connectivity index (χ4n) is 1.76. The molecule has 1 unspecified atom stereocenters. The standard InChI is InChI=1S/C15H23ClN2O3/c1-3-13(19)7-8-17-15(20)18-10-11-5-6-12(16)9-14(11)21-4-2/h5-6,9,13,19H,3-4,7-8,10H2,1-2H3,(H2,17,18,20). The van der Waals surface area contributed by atoms with Crippen molar-refractivity contribution in [3.05, 3.63) is 28.8 Å². The number of hydrogen-bond donors (Lipinski definition) is 3. The first-order valence-corrected chi connectivity index (χ1v) is 7.55. The Balaban J connectivity index is 2.42. The smallest absolute Gasteiger partial charge is 0.315 e. The summed E-state index contributed by atoms with van der Waals surface area (Å²) in [5, 5.41) is 15.5. The molecule has 0 saturated carbocycles. The highest BCUT2D eigenvalue weighted by atomic mass is 35.5. The van der Waals surface area contributed by atoms with Gasteiger partial charge in [-0.3, -0.25) is 0 Å². The van der Waals surface area contributed by atoms with Gasteiger partial charge in [-0.2, -0.15) is 0 Å². The van der Waals surface area contributed by atoms with Crippen LogP contribution in [0.15, 0.2) is 18.2 Å². The molecule has 0 fully saturated rings. The lowest BCUT2D eigenvalue weighted by atomic mass is 10.2. The molecule has 0 radical (unpaired) electrons. The van der Waals surface area contributed by atoms with E-state index in [-0.39, 0.29) is 12.1 Å². The molecule has 118 valence electrons. The maximum atomic E-state index is 11.7. The van der Waals surface area contributed by atoms with Gasteiger partial charge in [0.1, 0.15) is 5.75 Å². The topological polar surface area (TPSA) is 70.6 Å². The molecule has 0 saturated heterocycles. The third-order valence-corrected chi connectivity index (χ3v) is 3.24. The van der Waals surface area contributed by atoms with Crippen LogP contribution < -0.4 is 15.4 Å². The number of carbonyl (C=O) groups is 1. The van der Waals surface area contributed by atoms with Gasteiger partial charge in [0.05, 0.1) is 12.7 Å². The molecule has 0 bridgehead atoms. The van der Waals surface area contributed by atoms with Crippen molar-refractivity contribution >= 4 is 17.6 Å². The zero-order valence-electron chi connectivity index (χ0n) is 12.5. The summed E-state index contributed by atoms with van der Waals surface area (Å²) in [5.41, 5.74) is 0.866. The van der Waals surface area contributed by atoms with Crippen molar-refractivity contribution in [1.82, 2.24) is 10.6 Å². The summed E-state index contributed by atoms with van der Waals surface area (Å²) in [4.78, 5) is 11.7. The number of hydrogen-bond acceptors (Lipinski definition) is 3. The van der Waals surface area contributed by atoms with Gasteiger partial charge in [0.15, 0.2) is 0 Å². The minimum atomic E-state index is -0.369. The van der Waals surface area contributed by atoms with E-state index in [9.17, 15) is 9.90 Å². The van der Waals surface area contributed by atoms with E-state index in [4.69, 9.17) is 16.3 Å². The van der Waals surface area contributed by atoms with Crippen molar-refractivity contribution < 1.29 is 14.6 Å². The third-order valence-electron chi connectivity index (χ3n) is 3.00. The van der Waals surface area contributed by atoms with Gasteiger partial charge in [0.25, 0.3) is 0 Å². The highest BCUT2D eigenvalue weighted by Gasteiger charge is 2.07. The van der Waals surface area contributed by atoms with E-state index in [1.807, 2.05) is 19.9 Å². The molecule has 21 heavy (non-hydrogen) atoms. The summed E-state index contributed by atoms with van der Waals surface area (Å²) >= 11 is 5.92. The Morgan fingerprint density at radius 3 is 2.81 bits per heavy atom. The molecule has 0 aliphatic carbocycles. The number of aliphatic hydroxyl groups excluding tert-OH is 1. The zero-order chi connectivity index (χ0) is 15.7. The quantitative estimate of drug-likeness (QED) is 0.691. The first-order valence-electron chi connectivity index (χ1n) is 7.17. The molecule has 1 atom stereocenters. The highest BCUT2D eigenvalue weighted by Crippen LogP contribution is 2.23. The Morgan fingerprint density at radius 2 is 2.14 bits per heavy atom. The van der Waals surface area contributed by atoms with Gasteiger partial charge in [0, 0.05) is 23.7 Å². The van der Waals surface area contributed by atoms with E-state index in [0.29, 0.717) is 43.3 Å². The number of benzene rings is 1. The molecule has 0 aliphatic rings. The van der Waals surface area contributed by atoms with Crippen LogP contribution in [0.25, 0.3) is 0 Å². The number of urea groups is 1. The minimum absolute atomic E-state index is 0.268. The lowest BCUT2D eigenvalue weighted by Crippen LogP contribution is -2.36. The number of carbonyl (C=O) groups excluding carboxylic acids is 1. The van der Waals surface area contributed by atoms with Gasteiger partial charge in [0.2, 0.25) is 0 Å². The Hall–Kier alpha value is -1.46. The number of rotatable bonds is 8. The van der Waals surface area contributed by atoms with E-state index in [2.05, 4.69) is 10.6 Å². The summed E-state index contributed by atoms with van der Waals surface area (Å²) in [7, 11) is 0. The molecular formula is C15H23ClN2O3. The van der Waals surface area contributed by atoms with Crippen LogP contribution in [0.3, 0.4) is 0 Å². The molecule has 6 heteroatoms. The summed E-state index contributed by atoms with van der Waals surface area (Å²) in [6.45, 7) is 5.13. The number of amides is 2.